The number of nitrogens with zero attached hydrogens (tertiary/aromatic N) is 1. The van der Waals surface area contributed by atoms with Crippen LogP contribution in [0.5, 0.6) is 0 Å². The molecule has 1 heterocycles. The molecule has 0 amide bonds. The summed E-state index contributed by atoms with van der Waals surface area (Å²) in [6.45, 7) is 8.31. The van der Waals surface area contributed by atoms with E-state index in [-0.39, 0.29) is 18.0 Å². The fraction of sp³-hybridized carbons (Fsp3) is 0.667. The van der Waals surface area contributed by atoms with Crippen LogP contribution in [0.1, 0.15) is 45.4 Å². The number of likely N-dealkylation sites (N-methyl/N-ethyl adjacent to an activating group) is 1. The van der Waals surface area contributed by atoms with Crippen molar-refractivity contribution < 1.29 is 14.0 Å². The van der Waals surface area contributed by atoms with Crippen molar-refractivity contribution in [3.8, 4) is 0 Å². The average Bonchev–Trinajstić information content (AvgIpc) is 3.14. The summed E-state index contributed by atoms with van der Waals surface area (Å²) in [6.07, 6.45) is 14.8. The molecule has 1 aliphatic carbocycles. The lowest BCUT2D eigenvalue weighted by Gasteiger charge is -2.25. The van der Waals surface area contributed by atoms with Crippen molar-refractivity contribution >= 4 is 5.97 Å². The maximum Gasteiger partial charge on any atom is 0.314 e. The van der Waals surface area contributed by atoms with Crippen LogP contribution in [-0.4, -0.2) is 43.7 Å². The summed E-state index contributed by atoms with van der Waals surface area (Å²) in [6, 6.07) is 0. The molecule has 0 radical (unpaired) electrons. The number of quaternary nitrogens is 1. The van der Waals surface area contributed by atoms with Gasteiger partial charge in [-0.05, 0) is 30.8 Å². The van der Waals surface area contributed by atoms with Gasteiger partial charge in [-0.2, -0.15) is 0 Å². The first-order chi connectivity index (χ1) is 11.4. The molecule has 1 aliphatic heterocycles. The van der Waals surface area contributed by atoms with Gasteiger partial charge in [-0.25, -0.2) is 0 Å². The second-order valence-electron chi connectivity index (χ2n) is 7.98. The fourth-order valence-electron chi connectivity index (χ4n) is 4.00. The predicted molar refractivity (Wildman–Crippen MR) is 99.5 cm³/mol. The van der Waals surface area contributed by atoms with Crippen molar-refractivity contribution in [2.24, 2.45) is 11.8 Å². The third-order valence-corrected chi connectivity index (χ3v) is 5.35. The lowest BCUT2D eigenvalue weighted by Crippen LogP contribution is -2.38. The SMILES string of the molecule is C=C(/C=C\C=C/CC)C(C(=O)OC1CC[N+](C)(C)C1)C1CCCC1. The van der Waals surface area contributed by atoms with Gasteiger partial charge >= 0.3 is 5.97 Å². The molecular formula is C21H34NO2+. The third kappa shape index (κ3) is 5.34. The number of allylic oxidation sites excluding steroid dienone is 4. The monoisotopic (exact) mass is 332 g/mol. The van der Waals surface area contributed by atoms with Gasteiger partial charge in [-0.15, -0.1) is 0 Å². The summed E-state index contributed by atoms with van der Waals surface area (Å²) in [5, 5.41) is 0. The van der Waals surface area contributed by atoms with Crippen LogP contribution in [0.3, 0.4) is 0 Å². The number of carbonyl (C=O) groups is 1. The maximum absolute atomic E-state index is 12.9. The lowest BCUT2D eigenvalue weighted by atomic mass is 9.85. The van der Waals surface area contributed by atoms with Crippen molar-refractivity contribution in [3.63, 3.8) is 0 Å². The Balaban J connectivity index is 2.02. The van der Waals surface area contributed by atoms with E-state index in [1.807, 2.05) is 18.2 Å². The molecule has 0 aromatic carbocycles. The molecule has 0 spiro atoms. The van der Waals surface area contributed by atoms with E-state index in [0.717, 1.165) is 48.8 Å². The zero-order valence-electron chi connectivity index (χ0n) is 15.7. The van der Waals surface area contributed by atoms with Gasteiger partial charge in [0.25, 0.3) is 0 Å². The normalized spacial score (nSPS) is 25.5. The molecule has 0 bridgehead atoms. The molecule has 2 atom stereocenters. The Morgan fingerprint density at radius 1 is 1.25 bits per heavy atom. The molecule has 1 saturated carbocycles. The van der Waals surface area contributed by atoms with Crippen molar-refractivity contribution in [2.45, 2.75) is 51.6 Å². The van der Waals surface area contributed by atoms with Gasteiger partial charge in [0.05, 0.1) is 26.6 Å². The second kappa shape index (κ2) is 8.66. The number of likely N-dealkylation sites (tertiary alicyclic amines) is 1. The third-order valence-electron chi connectivity index (χ3n) is 5.35. The molecule has 0 aromatic rings. The van der Waals surface area contributed by atoms with E-state index in [2.05, 4.69) is 33.7 Å². The number of rotatable bonds is 7. The minimum Gasteiger partial charge on any atom is -0.456 e. The van der Waals surface area contributed by atoms with Crippen molar-refractivity contribution in [3.05, 3.63) is 36.5 Å². The number of hydrogen-bond acceptors (Lipinski definition) is 2. The summed E-state index contributed by atoms with van der Waals surface area (Å²) >= 11 is 0. The quantitative estimate of drug-likeness (QED) is 0.395. The van der Waals surface area contributed by atoms with Crippen LogP contribution in [0.25, 0.3) is 0 Å². The summed E-state index contributed by atoms with van der Waals surface area (Å²) in [5.41, 5.74) is 0.902. The van der Waals surface area contributed by atoms with Gasteiger partial charge in [-0.1, -0.05) is 50.6 Å². The second-order valence-corrected chi connectivity index (χ2v) is 7.98. The first-order valence-electron chi connectivity index (χ1n) is 9.47. The van der Waals surface area contributed by atoms with Crippen LogP contribution >= 0.6 is 0 Å². The van der Waals surface area contributed by atoms with Gasteiger partial charge in [0.2, 0.25) is 0 Å². The average molecular weight is 333 g/mol. The number of carbonyl (C=O) groups excluding carboxylic acids is 1. The Morgan fingerprint density at radius 2 is 1.96 bits per heavy atom. The molecule has 24 heavy (non-hydrogen) atoms. The summed E-state index contributed by atoms with van der Waals surface area (Å²) in [7, 11) is 4.40. The Morgan fingerprint density at radius 3 is 2.54 bits per heavy atom. The first kappa shape index (κ1) is 19.0. The topological polar surface area (TPSA) is 26.3 Å². The molecule has 2 fully saturated rings. The lowest BCUT2D eigenvalue weighted by molar-refractivity contribution is -0.879. The summed E-state index contributed by atoms with van der Waals surface area (Å²) < 4.78 is 6.84. The Labute approximate surface area is 147 Å². The number of hydrogen-bond donors (Lipinski definition) is 0. The number of ether oxygens (including phenoxy) is 1. The standard InChI is InChI=1S/C21H34NO2/c1-5-6-7-8-11-17(2)20(18-12-9-10-13-18)21(23)24-19-14-15-22(3,4)16-19/h6-8,11,18-20H,2,5,9-10,12-16H2,1,3-4H3/q+1/b7-6-,11-8-. The van der Waals surface area contributed by atoms with Crippen LogP contribution in [0.4, 0.5) is 0 Å². The van der Waals surface area contributed by atoms with Gasteiger partial charge in [0.1, 0.15) is 6.54 Å². The molecule has 0 aromatic heterocycles. The van der Waals surface area contributed by atoms with Crippen LogP contribution in [-0.2, 0) is 9.53 Å². The largest absolute Gasteiger partial charge is 0.456 e. The summed E-state index contributed by atoms with van der Waals surface area (Å²) in [5.74, 6) is 0.173. The fourth-order valence-corrected chi connectivity index (χ4v) is 4.00. The zero-order valence-corrected chi connectivity index (χ0v) is 15.7. The van der Waals surface area contributed by atoms with Gasteiger partial charge in [-0.3, -0.25) is 4.79 Å². The Bertz CT molecular complexity index is 498. The molecular weight excluding hydrogens is 298 g/mol. The van der Waals surface area contributed by atoms with Crippen molar-refractivity contribution in [2.75, 3.05) is 27.2 Å². The van der Waals surface area contributed by atoms with Gasteiger partial charge in [0.15, 0.2) is 6.10 Å². The molecule has 3 heteroatoms. The molecule has 2 rings (SSSR count). The summed E-state index contributed by atoms with van der Waals surface area (Å²) in [4.78, 5) is 12.9. The molecule has 1 saturated heterocycles. The van der Waals surface area contributed by atoms with E-state index in [0.29, 0.717) is 5.92 Å². The maximum atomic E-state index is 12.9. The molecule has 3 nitrogen and oxygen atoms in total. The minimum atomic E-state index is -0.171. The van der Waals surface area contributed by atoms with Crippen molar-refractivity contribution in [1.82, 2.24) is 0 Å². The Hall–Kier alpha value is -1.35. The highest BCUT2D eigenvalue weighted by Gasteiger charge is 2.38. The van der Waals surface area contributed by atoms with Crippen LogP contribution in [0.2, 0.25) is 0 Å². The Kier molecular flexibility index (Phi) is 6.85. The van der Waals surface area contributed by atoms with Crippen molar-refractivity contribution in [1.29, 1.82) is 0 Å². The van der Waals surface area contributed by atoms with Crippen LogP contribution in [0.15, 0.2) is 36.5 Å². The van der Waals surface area contributed by atoms with Crippen LogP contribution < -0.4 is 0 Å². The van der Waals surface area contributed by atoms with E-state index in [1.54, 1.807) is 0 Å². The molecule has 2 aliphatic rings. The molecule has 2 unspecified atom stereocenters. The van der Waals surface area contributed by atoms with E-state index in [9.17, 15) is 4.79 Å². The van der Waals surface area contributed by atoms with Gasteiger partial charge < -0.3 is 9.22 Å². The predicted octanol–water partition coefficient (Wildman–Crippen LogP) is 4.26. The highest BCUT2D eigenvalue weighted by atomic mass is 16.5. The highest BCUT2D eigenvalue weighted by Crippen LogP contribution is 2.36. The number of esters is 1. The van der Waals surface area contributed by atoms with Crippen LogP contribution in [0, 0.1) is 11.8 Å². The smallest absolute Gasteiger partial charge is 0.314 e. The zero-order chi connectivity index (χ0) is 17.6. The highest BCUT2D eigenvalue weighted by molar-refractivity contribution is 5.77. The molecule has 134 valence electrons. The van der Waals surface area contributed by atoms with E-state index < -0.39 is 0 Å². The van der Waals surface area contributed by atoms with E-state index >= 15 is 0 Å². The van der Waals surface area contributed by atoms with Gasteiger partial charge in [0, 0.05) is 6.42 Å². The minimum absolute atomic E-state index is 0.0529. The van der Waals surface area contributed by atoms with E-state index in [1.165, 1.54) is 12.8 Å². The van der Waals surface area contributed by atoms with E-state index in [4.69, 9.17) is 4.74 Å². The first-order valence-corrected chi connectivity index (χ1v) is 9.47. The molecule has 0 N–H and O–H groups in total.